The number of para-hydroxylation sites is 1. The van der Waals surface area contributed by atoms with Crippen LogP contribution < -0.4 is 5.32 Å². The number of aromatic nitrogens is 6. The number of rotatable bonds is 8. The average Bonchev–Trinajstić information content (AvgIpc) is 3.71. The zero-order chi connectivity index (χ0) is 25.0. The summed E-state index contributed by atoms with van der Waals surface area (Å²) >= 11 is 1.67. The highest BCUT2D eigenvalue weighted by molar-refractivity contribution is 7.13. The quantitative estimate of drug-likeness (QED) is 0.308. The van der Waals surface area contributed by atoms with Gasteiger partial charge >= 0.3 is 0 Å². The molecule has 0 aliphatic rings. The van der Waals surface area contributed by atoms with Gasteiger partial charge in [-0.1, -0.05) is 59.8 Å². The van der Waals surface area contributed by atoms with E-state index in [9.17, 15) is 4.79 Å². The summed E-state index contributed by atoms with van der Waals surface area (Å²) in [5.41, 5.74) is 6.10. The number of H-pyrrole nitrogens is 1. The predicted molar refractivity (Wildman–Crippen MR) is 144 cm³/mol. The van der Waals surface area contributed by atoms with Gasteiger partial charge < -0.3 is 9.88 Å². The van der Waals surface area contributed by atoms with Gasteiger partial charge in [0.2, 0.25) is 5.91 Å². The lowest BCUT2D eigenvalue weighted by Crippen LogP contribution is -2.27. The summed E-state index contributed by atoms with van der Waals surface area (Å²) in [4.78, 5) is 18.6. The fourth-order valence-electron chi connectivity index (χ4n) is 4.35. The van der Waals surface area contributed by atoms with Gasteiger partial charge in [-0.25, -0.2) is 0 Å². The van der Waals surface area contributed by atoms with E-state index in [2.05, 4.69) is 89.4 Å². The molecule has 6 rings (SSSR count). The molecule has 0 bridgehead atoms. The van der Waals surface area contributed by atoms with Crippen LogP contribution in [0.5, 0.6) is 0 Å². The third kappa shape index (κ3) is 5.03. The zero-order valence-corrected chi connectivity index (χ0v) is 20.7. The number of carbonyl (C=O) groups is 1. The summed E-state index contributed by atoms with van der Waals surface area (Å²) < 4.78 is 2.08. The van der Waals surface area contributed by atoms with Crippen molar-refractivity contribution in [2.75, 3.05) is 0 Å². The lowest BCUT2D eigenvalue weighted by Gasteiger charge is -2.11. The van der Waals surface area contributed by atoms with Crippen molar-refractivity contribution in [1.82, 2.24) is 35.5 Å². The molecule has 1 amide bonds. The molecule has 4 heterocycles. The molecule has 4 aromatic heterocycles. The second kappa shape index (κ2) is 10.2. The minimum absolute atomic E-state index is 0.0535. The maximum atomic E-state index is 12.9. The van der Waals surface area contributed by atoms with E-state index in [1.54, 1.807) is 11.3 Å². The minimum Gasteiger partial charge on any atom is -0.349 e. The predicted octanol–water partition coefficient (Wildman–Crippen LogP) is 4.85. The minimum atomic E-state index is -0.0535. The second-order valence-electron chi connectivity index (χ2n) is 8.67. The van der Waals surface area contributed by atoms with Gasteiger partial charge in [-0.2, -0.15) is 5.21 Å². The number of hydrogen-bond donors (Lipinski definition) is 2. The zero-order valence-electron chi connectivity index (χ0n) is 19.8. The molecule has 6 aromatic rings. The Labute approximate surface area is 217 Å². The van der Waals surface area contributed by atoms with Crippen molar-refractivity contribution in [2.24, 2.45) is 0 Å². The summed E-state index contributed by atoms with van der Waals surface area (Å²) in [6.45, 7) is 0.616. The van der Waals surface area contributed by atoms with Crippen molar-refractivity contribution in [3.8, 4) is 21.7 Å². The highest BCUT2D eigenvalue weighted by Gasteiger charge is 2.14. The highest BCUT2D eigenvalue weighted by atomic mass is 32.1. The average molecular weight is 506 g/mol. The van der Waals surface area contributed by atoms with E-state index in [0.717, 1.165) is 43.9 Å². The number of benzene rings is 2. The highest BCUT2D eigenvalue weighted by Crippen LogP contribution is 2.31. The summed E-state index contributed by atoms with van der Waals surface area (Å²) in [5.74, 6) is 0.607. The van der Waals surface area contributed by atoms with Crippen molar-refractivity contribution in [3.05, 3.63) is 108 Å². The van der Waals surface area contributed by atoms with Gasteiger partial charge in [-0.15, -0.1) is 21.5 Å². The first-order chi connectivity index (χ1) is 18.2. The number of amides is 1. The van der Waals surface area contributed by atoms with Crippen LogP contribution in [0.25, 0.3) is 32.6 Å². The molecule has 0 atom stereocenters. The number of pyridine rings is 1. The molecular formula is C28H23N7OS. The van der Waals surface area contributed by atoms with Crippen LogP contribution in [0.2, 0.25) is 0 Å². The topological polar surface area (TPSA) is 101 Å². The molecule has 0 aliphatic carbocycles. The fraction of sp³-hybridized carbons (Fsp3) is 0.107. The largest absolute Gasteiger partial charge is 0.349 e. The third-order valence-electron chi connectivity index (χ3n) is 6.22. The van der Waals surface area contributed by atoms with E-state index < -0.39 is 0 Å². The maximum Gasteiger partial charge on any atom is 0.240 e. The van der Waals surface area contributed by atoms with Gasteiger partial charge in [0.15, 0.2) is 5.82 Å². The Bertz CT molecular complexity index is 1620. The molecule has 0 radical (unpaired) electrons. The molecule has 0 saturated carbocycles. The Hall–Kier alpha value is -4.63. The van der Waals surface area contributed by atoms with Crippen LogP contribution in [-0.4, -0.2) is 36.1 Å². The van der Waals surface area contributed by atoms with Crippen LogP contribution in [0, 0.1) is 0 Å². The lowest BCUT2D eigenvalue weighted by molar-refractivity contribution is -0.121. The first-order valence-electron chi connectivity index (χ1n) is 11.9. The van der Waals surface area contributed by atoms with Crippen LogP contribution in [0.3, 0.4) is 0 Å². The molecule has 2 N–H and O–H groups in total. The molecule has 0 aliphatic heterocycles. The van der Waals surface area contributed by atoms with E-state index in [-0.39, 0.29) is 12.5 Å². The first kappa shape index (κ1) is 22.8. The number of carbonyl (C=O) groups excluding carboxylic acids is 1. The maximum absolute atomic E-state index is 12.9. The monoisotopic (exact) mass is 505 g/mol. The van der Waals surface area contributed by atoms with Crippen molar-refractivity contribution >= 4 is 28.1 Å². The van der Waals surface area contributed by atoms with E-state index in [4.69, 9.17) is 0 Å². The fourth-order valence-corrected chi connectivity index (χ4v) is 5.10. The Morgan fingerprint density at radius 1 is 0.973 bits per heavy atom. The number of fused-ring (bicyclic) bond motifs is 1. The Balaban J connectivity index is 1.10. The molecule has 0 fully saturated rings. The van der Waals surface area contributed by atoms with Crippen molar-refractivity contribution < 1.29 is 4.79 Å². The number of hydrogen-bond acceptors (Lipinski definition) is 6. The lowest BCUT2D eigenvalue weighted by atomic mass is 10.0. The van der Waals surface area contributed by atoms with Crippen molar-refractivity contribution in [1.29, 1.82) is 0 Å². The van der Waals surface area contributed by atoms with Gasteiger partial charge in [-0.05, 0) is 40.8 Å². The van der Waals surface area contributed by atoms with Gasteiger partial charge in [0.25, 0.3) is 0 Å². The van der Waals surface area contributed by atoms with E-state index >= 15 is 0 Å². The summed E-state index contributed by atoms with van der Waals surface area (Å²) in [5, 5.41) is 20.2. The second-order valence-corrected chi connectivity index (χ2v) is 9.62. The van der Waals surface area contributed by atoms with Crippen LogP contribution in [0.1, 0.15) is 17.1 Å². The summed E-state index contributed by atoms with van der Waals surface area (Å²) in [6.07, 6.45) is 2.46. The molecule has 0 spiro atoms. The molecule has 0 saturated heterocycles. The van der Waals surface area contributed by atoms with Crippen molar-refractivity contribution in [2.45, 2.75) is 19.5 Å². The van der Waals surface area contributed by atoms with E-state index in [1.165, 1.54) is 0 Å². The SMILES string of the molecule is O=C(Cn1c(-c2cccs2)cc2ccccc21)NCc1ccc(-c2ccc(Cc3nn[nH]n3)cc2)cn1. The van der Waals surface area contributed by atoms with E-state index in [1.807, 2.05) is 36.5 Å². The molecule has 8 nitrogen and oxygen atoms in total. The number of aromatic amines is 1. The van der Waals surface area contributed by atoms with Crippen LogP contribution in [0.4, 0.5) is 0 Å². The molecule has 37 heavy (non-hydrogen) atoms. The van der Waals surface area contributed by atoms with Gasteiger partial charge in [0.05, 0.1) is 22.8 Å². The molecule has 0 unspecified atom stereocenters. The Kier molecular flexibility index (Phi) is 6.26. The Morgan fingerprint density at radius 3 is 2.59 bits per heavy atom. The van der Waals surface area contributed by atoms with Crippen molar-refractivity contribution in [3.63, 3.8) is 0 Å². The number of tetrazole rings is 1. The summed E-state index contributed by atoms with van der Waals surface area (Å²) in [6, 6.07) is 26.6. The summed E-state index contributed by atoms with van der Waals surface area (Å²) in [7, 11) is 0. The first-order valence-corrected chi connectivity index (χ1v) is 12.8. The number of nitrogens with zero attached hydrogens (tertiary/aromatic N) is 5. The molecular weight excluding hydrogens is 482 g/mol. The molecule has 9 heteroatoms. The Morgan fingerprint density at radius 2 is 1.84 bits per heavy atom. The van der Waals surface area contributed by atoms with Gasteiger partial charge in [-0.3, -0.25) is 9.78 Å². The molecule has 2 aromatic carbocycles. The van der Waals surface area contributed by atoms with E-state index in [0.29, 0.717) is 18.8 Å². The number of nitrogens with one attached hydrogen (secondary N) is 2. The van der Waals surface area contributed by atoms with Crippen LogP contribution in [-0.2, 0) is 24.3 Å². The van der Waals surface area contributed by atoms with Gasteiger partial charge in [0.1, 0.15) is 6.54 Å². The standard InChI is InChI=1S/C28H23N7OS/c36-28(18-35-24-5-2-1-4-21(24)15-25(35)26-6-3-13-37-26)30-17-23-12-11-22(16-29-23)20-9-7-19(8-10-20)14-27-31-33-34-32-27/h1-13,15-16H,14,17-18H2,(H,30,36)(H,31,32,33,34). The van der Waals surface area contributed by atoms with Crippen LogP contribution in [0.15, 0.2) is 90.4 Å². The van der Waals surface area contributed by atoms with Crippen LogP contribution >= 0.6 is 11.3 Å². The molecule has 182 valence electrons. The third-order valence-corrected chi connectivity index (χ3v) is 7.11. The van der Waals surface area contributed by atoms with Gasteiger partial charge in [0, 0.05) is 29.1 Å². The smallest absolute Gasteiger partial charge is 0.240 e. The normalized spacial score (nSPS) is 11.1. The number of thiophene rings is 1.